The van der Waals surface area contributed by atoms with Crippen molar-refractivity contribution in [3.63, 3.8) is 0 Å². The Hall–Kier alpha value is -3.77. The molecule has 4 aromatic rings. The molecule has 0 radical (unpaired) electrons. The second-order valence-corrected chi connectivity index (χ2v) is 7.46. The first-order valence-corrected chi connectivity index (χ1v) is 10.1. The molecule has 0 bridgehead atoms. The average Bonchev–Trinajstić information content (AvgIpc) is 2.78. The second kappa shape index (κ2) is 8.53. The Morgan fingerprint density at radius 2 is 1.74 bits per heavy atom. The van der Waals surface area contributed by atoms with Crippen LogP contribution in [0.1, 0.15) is 22.8 Å². The summed E-state index contributed by atoms with van der Waals surface area (Å²) >= 11 is 6.00. The van der Waals surface area contributed by atoms with E-state index in [9.17, 15) is 14.9 Å². The Morgan fingerprint density at radius 3 is 2.39 bits per heavy atom. The lowest BCUT2D eigenvalue weighted by atomic mass is 10.0. The van der Waals surface area contributed by atoms with Crippen LogP contribution in [-0.2, 0) is 6.42 Å². The molecule has 154 valence electrons. The lowest BCUT2D eigenvalue weighted by Crippen LogP contribution is -2.13. The highest BCUT2D eigenvalue weighted by Crippen LogP contribution is 2.28. The first kappa shape index (κ1) is 20.5. The molecule has 4 rings (SSSR count). The Morgan fingerprint density at radius 1 is 1.03 bits per heavy atom. The van der Waals surface area contributed by atoms with Gasteiger partial charge in [-0.05, 0) is 54.4 Å². The van der Waals surface area contributed by atoms with Crippen molar-refractivity contribution >= 4 is 39.8 Å². The van der Waals surface area contributed by atoms with Gasteiger partial charge in [0.25, 0.3) is 11.6 Å². The summed E-state index contributed by atoms with van der Waals surface area (Å²) in [5.74, 6) is -0.315. The number of aromatic nitrogens is 1. The minimum Gasteiger partial charge on any atom is -0.322 e. The van der Waals surface area contributed by atoms with Gasteiger partial charge in [0.05, 0.1) is 21.7 Å². The van der Waals surface area contributed by atoms with Crippen LogP contribution >= 0.6 is 11.6 Å². The van der Waals surface area contributed by atoms with Crippen LogP contribution in [0.3, 0.4) is 0 Å². The number of nitro groups is 1. The third kappa shape index (κ3) is 4.39. The Kier molecular flexibility index (Phi) is 5.64. The van der Waals surface area contributed by atoms with Crippen LogP contribution in [0, 0.1) is 10.1 Å². The Balaban J connectivity index is 1.78. The zero-order valence-electron chi connectivity index (χ0n) is 16.6. The smallest absolute Gasteiger partial charge is 0.269 e. The van der Waals surface area contributed by atoms with Crippen molar-refractivity contribution in [1.29, 1.82) is 0 Å². The number of nitro benzene ring substituents is 1. The van der Waals surface area contributed by atoms with Crippen LogP contribution in [0.15, 0.2) is 72.8 Å². The normalized spacial score (nSPS) is 10.8. The predicted molar refractivity (Wildman–Crippen MR) is 123 cm³/mol. The fraction of sp³-hybridized carbons (Fsp3) is 0.0833. The average molecular weight is 432 g/mol. The Labute approximate surface area is 183 Å². The van der Waals surface area contributed by atoms with Gasteiger partial charge in [-0.25, -0.2) is 4.98 Å². The molecule has 0 saturated carbocycles. The molecule has 1 aromatic heterocycles. The summed E-state index contributed by atoms with van der Waals surface area (Å²) in [5, 5.41) is 15.1. The summed E-state index contributed by atoms with van der Waals surface area (Å²) in [6.07, 6.45) is 0.832. The number of hydrogen-bond acceptors (Lipinski definition) is 4. The highest BCUT2D eigenvalue weighted by atomic mass is 35.5. The molecule has 1 N–H and O–H groups in total. The fourth-order valence-corrected chi connectivity index (χ4v) is 3.44. The summed E-state index contributed by atoms with van der Waals surface area (Å²) in [6.45, 7) is 2.05. The molecule has 1 heterocycles. The summed E-state index contributed by atoms with van der Waals surface area (Å²) < 4.78 is 0. The predicted octanol–water partition coefficient (Wildman–Crippen LogP) is 6.28. The van der Waals surface area contributed by atoms with Crippen molar-refractivity contribution < 1.29 is 9.72 Å². The van der Waals surface area contributed by atoms with Crippen molar-refractivity contribution in [2.45, 2.75) is 13.3 Å². The molecule has 3 aromatic carbocycles. The number of nitrogens with one attached hydrogen (secondary N) is 1. The molecular formula is C24H18ClN3O3. The Bertz CT molecular complexity index is 1290. The molecule has 0 aliphatic rings. The molecule has 0 spiro atoms. The van der Waals surface area contributed by atoms with Crippen LogP contribution in [0.2, 0.25) is 5.02 Å². The van der Waals surface area contributed by atoms with Crippen molar-refractivity contribution in [2.24, 2.45) is 0 Å². The number of carbonyl (C=O) groups excluding carboxylic acids is 1. The largest absolute Gasteiger partial charge is 0.322 e. The van der Waals surface area contributed by atoms with Gasteiger partial charge >= 0.3 is 0 Å². The lowest BCUT2D eigenvalue weighted by molar-refractivity contribution is -0.384. The number of carbonyl (C=O) groups is 1. The molecule has 6 nitrogen and oxygen atoms in total. The summed E-state index contributed by atoms with van der Waals surface area (Å²) in [6, 6.07) is 20.6. The lowest BCUT2D eigenvalue weighted by Gasteiger charge is -2.12. The third-order valence-electron chi connectivity index (χ3n) is 5.00. The third-order valence-corrected chi connectivity index (χ3v) is 5.25. The number of rotatable bonds is 5. The van der Waals surface area contributed by atoms with E-state index in [2.05, 4.69) is 5.32 Å². The number of hydrogen-bond donors (Lipinski definition) is 1. The van der Waals surface area contributed by atoms with Gasteiger partial charge in [-0.15, -0.1) is 0 Å². The van der Waals surface area contributed by atoms with E-state index in [1.165, 1.54) is 24.3 Å². The summed E-state index contributed by atoms with van der Waals surface area (Å²) in [7, 11) is 0. The van der Waals surface area contributed by atoms with Gasteiger partial charge in [0.2, 0.25) is 0 Å². The van der Waals surface area contributed by atoms with Gasteiger partial charge in [0, 0.05) is 33.8 Å². The van der Waals surface area contributed by atoms with Crippen LogP contribution < -0.4 is 5.32 Å². The standard InChI is InChI=1S/C24H18ClN3O3/c1-2-15-3-12-22-20(13-15)21(14-23(27-22)16-4-6-17(25)7-5-16)24(29)26-18-8-10-19(11-9-18)28(30)31/h3-14H,2H2,1H3,(H,26,29). The van der Waals surface area contributed by atoms with E-state index < -0.39 is 4.92 Å². The van der Waals surface area contributed by atoms with E-state index in [1.54, 1.807) is 18.2 Å². The van der Waals surface area contributed by atoms with Crippen LogP contribution in [0.4, 0.5) is 11.4 Å². The van der Waals surface area contributed by atoms with Gasteiger partial charge in [0.15, 0.2) is 0 Å². The van der Waals surface area contributed by atoms with E-state index >= 15 is 0 Å². The van der Waals surface area contributed by atoms with Crippen molar-refractivity contribution in [2.75, 3.05) is 5.32 Å². The van der Waals surface area contributed by atoms with E-state index in [1.807, 2.05) is 37.3 Å². The fourth-order valence-electron chi connectivity index (χ4n) is 3.31. The SMILES string of the molecule is CCc1ccc2nc(-c3ccc(Cl)cc3)cc(C(=O)Nc3ccc([N+](=O)[O-])cc3)c2c1. The number of halogens is 1. The molecular weight excluding hydrogens is 414 g/mol. The molecule has 0 saturated heterocycles. The zero-order valence-corrected chi connectivity index (χ0v) is 17.4. The first-order chi connectivity index (χ1) is 14.9. The summed E-state index contributed by atoms with van der Waals surface area (Å²) in [4.78, 5) is 28.3. The molecule has 0 aliphatic heterocycles. The van der Waals surface area contributed by atoms with Gasteiger partial charge in [-0.3, -0.25) is 14.9 Å². The zero-order chi connectivity index (χ0) is 22.0. The van der Waals surface area contributed by atoms with Crippen LogP contribution in [0.25, 0.3) is 22.2 Å². The molecule has 31 heavy (non-hydrogen) atoms. The van der Waals surface area contributed by atoms with E-state index in [4.69, 9.17) is 16.6 Å². The maximum Gasteiger partial charge on any atom is 0.269 e. The molecule has 0 atom stereocenters. The number of pyridine rings is 1. The van der Waals surface area contributed by atoms with E-state index in [0.29, 0.717) is 27.5 Å². The second-order valence-electron chi connectivity index (χ2n) is 7.03. The number of non-ortho nitro benzene ring substituents is 1. The number of amides is 1. The van der Waals surface area contributed by atoms with Crippen LogP contribution in [-0.4, -0.2) is 15.8 Å². The van der Waals surface area contributed by atoms with Gasteiger partial charge in [-0.2, -0.15) is 0 Å². The quantitative estimate of drug-likeness (QED) is 0.297. The van der Waals surface area contributed by atoms with Gasteiger partial charge < -0.3 is 5.32 Å². The van der Waals surface area contributed by atoms with E-state index in [0.717, 1.165) is 22.9 Å². The topological polar surface area (TPSA) is 85.1 Å². The van der Waals surface area contributed by atoms with Crippen molar-refractivity contribution in [1.82, 2.24) is 4.98 Å². The highest BCUT2D eigenvalue weighted by Gasteiger charge is 2.15. The number of anilines is 1. The highest BCUT2D eigenvalue weighted by molar-refractivity contribution is 6.30. The molecule has 0 fully saturated rings. The minimum atomic E-state index is -0.480. The number of fused-ring (bicyclic) bond motifs is 1. The van der Waals surface area contributed by atoms with E-state index in [-0.39, 0.29) is 11.6 Å². The van der Waals surface area contributed by atoms with Gasteiger partial charge in [0.1, 0.15) is 0 Å². The molecule has 1 amide bonds. The maximum atomic E-state index is 13.2. The van der Waals surface area contributed by atoms with Crippen molar-refractivity contribution in [3.05, 3.63) is 99.1 Å². The number of benzene rings is 3. The van der Waals surface area contributed by atoms with Crippen molar-refractivity contribution in [3.8, 4) is 11.3 Å². The maximum absolute atomic E-state index is 13.2. The van der Waals surface area contributed by atoms with Gasteiger partial charge in [-0.1, -0.05) is 36.7 Å². The monoisotopic (exact) mass is 431 g/mol. The molecule has 7 heteroatoms. The minimum absolute atomic E-state index is 0.0371. The first-order valence-electron chi connectivity index (χ1n) is 9.70. The molecule has 0 unspecified atom stereocenters. The van der Waals surface area contributed by atoms with Crippen LogP contribution in [0.5, 0.6) is 0 Å². The summed E-state index contributed by atoms with van der Waals surface area (Å²) in [5.41, 5.74) is 4.21. The number of aryl methyl sites for hydroxylation is 1. The molecule has 0 aliphatic carbocycles. The number of nitrogens with zero attached hydrogens (tertiary/aromatic N) is 2.